The van der Waals surface area contributed by atoms with Crippen LogP contribution in [0, 0.1) is 0 Å². The molecular weight excluding hydrogens is 378 g/mol. The highest BCUT2D eigenvalue weighted by molar-refractivity contribution is 8.02. The Labute approximate surface area is 133 Å². The Kier molecular flexibility index (Phi) is 5.89. The molecule has 0 saturated heterocycles. The van der Waals surface area contributed by atoms with Crippen molar-refractivity contribution in [1.82, 2.24) is 0 Å². The minimum atomic E-state index is -6.59. The Bertz CT molecular complexity index is 553. The van der Waals surface area contributed by atoms with E-state index in [1.807, 2.05) is 0 Å². The Balaban J connectivity index is 3.25. The second kappa shape index (κ2) is 6.85. The molecule has 0 N–H and O–H groups in total. The lowest BCUT2D eigenvalue weighted by Gasteiger charge is -2.28. The molecule has 11 heteroatoms. The normalized spacial score (nSPS) is 14.8. The van der Waals surface area contributed by atoms with Crippen molar-refractivity contribution in [2.45, 2.75) is 30.0 Å². The summed E-state index contributed by atoms with van der Waals surface area (Å²) in [5, 5.41) is 0. The van der Waals surface area contributed by atoms with Gasteiger partial charge in [0.25, 0.3) is 0 Å². The second-order valence-electron chi connectivity index (χ2n) is 4.49. The molecule has 0 amide bonds. The largest absolute Gasteiger partial charge is 0.435 e. The molecule has 0 heterocycles. The number of alkyl halides is 10. The average Bonchev–Trinajstić information content (AvgIpc) is 2.40. The fourth-order valence-corrected chi connectivity index (χ4v) is 2.37. The number of hydrogen-bond acceptors (Lipinski definition) is 1. The summed E-state index contributed by atoms with van der Waals surface area (Å²) in [4.78, 5) is -2.32. The van der Waals surface area contributed by atoms with Gasteiger partial charge in [-0.3, -0.25) is 0 Å². The smallest absolute Gasteiger partial charge is 0.219 e. The molecule has 24 heavy (non-hydrogen) atoms. The molecule has 0 spiro atoms. The number of halogens is 10. The molecule has 0 bridgehead atoms. The minimum Gasteiger partial charge on any atom is -0.219 e. The van der Waals surface area contributed by atoms with Crippen LogP contribution in [0.25, 0.3) is 0 Å². The summed E-state index contributed by atoms with van der Waals surface area (Å²) in [6.45, 7) is 0. The molecule has 0 atom stereocenters. The highest BCUT2D eigenvalue weighted by Crippen LogP contribution is 2.50. The Morgan fingerprint density at radius 2 is 1.25 bits per heavy atom. The summed E-state index contributed by atoms with van der Waals surface area (Å²) in [5.41, 5.74) is -5.89. The van der Waals surface area contributed by atoms with Crippen LogP contribution in [0.5, 0.6) is 0 Å². The van der Waals surface area contributed by atoms with Gasteiger partial charge in [0.2, 0.25) is 0 Å². The van der Waals surface area contributed by atoms with Crippen LogP contribution in [0.2, 0.25) is 0 Å². The monoisotopic (exact) mass is 386 g/mol. The maximum Gasteiger partial charge on any atom is 0.435 e. The van der Waals surface area contributed by atoms with E-state index in [0.29, 0.717) is 0 Å². The van der Waals surface area contributed by atoms with Gasteiger partial charge in [-0.05, 0) is 11.6 Å². The van der Waals surface area contributed by atoms with Gasteiger partial charge in [0, 0.05) is 5.75 Å². The number of rotatable bonds is 4. The average molecular weight is 386 g/mol. The first-order valence-electron chi connectivity index (χ1n) is 5.97. The summed E-state index contributed by atoms with van der Waals surface area (Å²) < 4.78 is 126. The first kappa shape index (κ1) is 20.7. The standard InChI is InChI=1S/C13H8F10S/c14-10(12(18,19)20,13(21,22)23)6-9(11(15,16)17)24-7-8-4-2-1-3-5-8/h1-6H,7H2/b9-6+. The summed E-state index contributed by atoms with van der Waals surface area (Å²) in [6, 6.07) is 6.97. The highest BCUT2D eigenvalue weighted by Gasteiger charge is 2.72. The van der Waals surface area contributed by atoms with E-state index in [1.54, 1.807) is 0 Å². The third-order valence-electron chi connectivity index (χ3n) is 2.67. The van der Waals surface area contributed by atoms with Crippen molar-refractivity contribution in [3.63, 3.8) is 0 Å². The van der Waals surface area contributed by atoms with E-state index in [0.717, 1.165) is 0 Å². The highest BCUT2D eigenvalue weighted by atomic mass is 32.2. The minimum absolute atomic E-state index is 0.209. The Morgan fingerprint density at radius 3 is 1.62 bits per heavy atom. The fourth-order valence-electron chi connectivity index (χ4n) is 1.45. The predicted octanol–water partition coefficient (Wildman–Crippen LogP) is 6.20. The van der Waals surface area contributed by atoms with E-state index in [4.69, 9.17) is 0 Å². The van der Waals surface area contributed by atoms with Gasteiger partial charge in [-0.15, -0.1) is 11.8 Å². The van der Waals surface area contributed by atoms with Crippen LogP contribution < -0.4 is 0 Å². The maximum atomic E-state index is 13.5. The summed E-state index contributed by atoms with van der Waals surface area (Å²) >= 11 is -0.363. The number of thioether (sulfide) groups is 1. The molecule has 0 unspecified atom stereocenters. The van der Waals surface area contributed by atoms with Crippen molar-refractivity contribution in [2.75, 3.05) is 0 Å². The van der Waals surface area contributed by atoms with Crippen LogP contribution in [0.4, 0.5) is 43.9 Å². The van der Waals surface area contributed by atoms with Gasteiger partial charge in [0.1, 0.15) is 0 Å². The summed E-state index contributed by atoms with van der Waals surface area (Å²) in [5.74, 6) is -0.585. The van der Waals surface area contributed by atoms with Gasteiger partial charge < -0.3 is 0 Å². The van der Waals surface area contributed by atoms with Crippen molar-refractivity contribution < 1.29 is 43.9 Å². The fraction of sp³-hybridized carbons (Fsp3) is 0.385. The lowest BCUT2D eigenvalue weighted by molar-refractivity contribution is -0.322. The van der Waals surface area contributed by atoms with Crippen molar-refractivity contribution in [3.8, 4) is 0 Å². The third kappa shape index (κ3) is 4.81. The SMILES string of the molecule is FC(F)(F)/C(=C\C(F)(C(F)(F)F)C(F)(F)F)SCc1ccccc1. The first-order valence-corrected chi connectivity index (χ1v) is 6.96. The zero-order valence-electron chi connectivity index (χ0n) is 11.4. The van der Waals surface area contributed by atoms with Crippen LogP contribution >= 0.6 is 11.8 Å². The van der Waals surface area contributed by atoms with Gasteiger partial charge in [0.05, 0.1) is 4.91 Å². The molecular formula is C13H8F10S. The topological polar surface area (TPSA) is 0 Å². The van der Waals surface area contributed by atoms with Crippen LogP contribution in [0.15, 0.2) is 41.3 Å². The van der Waals surface area contributed by atoms with E-state index in [1.165, 1.54) is 30.3 Å². The van der Waals surface area contributed by atoms with Crippen LogP contribution in [-0.2, 0) is 5.75 Å². The quantitative estimate of drug-likeness (QED) is 0.556. The Hall–Kier alpha value is -1.39. The number of hydrogen-bond donors (Lipinski definition) is 0. The van der Waals surface area contributed by atoms with E-state index < -0.39 is 40.9 Å². The van der Waals surface area contributed by atoms with Crippen molar-refractivity contribution in [1.29, 1.82) is 0 Å². The van der Waals surface area contributed by atoms with Gasteiger partial charge >= 0.3 is 24.2 Å². The Morgan fingerprint density at radius 1 is 0.792 bits per heavy atom. The lowest BCUT2D eigenvalue weighted by atomic mass is 10.0. The molecule has 0 saturated carbocycles. The zero-order valence-corrected chi connectivity index (χ0v) is 12.2. The second-order valence-corrected chi connectivity index (χ2v) is 5.51. The van der Waals surface area contributed by atoms with Gasteiger partial charge in [-0.1, -0.05) is 30.3 Å². The lowest BCUT2D eigenvalue weighted by Crippen LogP contribution is -2.52. The van der Waals surface area contributed by atoms with E-state index in [2.05, 4.69) is 0 Å². The van der Waals surface area contributed by atoms with E-state index >= 15 is 0 Å². The van der Waals surface area contributed by atoms with Gasteiger partial charge in [0.15, 0.2) is 0 Å². The molecule has 1 aromatic rings. The molecule has 0 radical (unpaired) electrons. The molecule has 0 aliphatic heterocycles. The maximum absolute atomic E-state index is 13.5. The van der Waals surface area contributed by atoms with Crippen LogP contribution in [0.3, 0.4) is 0 Å². The summed E-state index contributed by atoms with van der Waals surface area (Å²) in [6.07, 6.45) is -20.2. The van der Waals surface area contributed by atoms with E-state index in [-0.39, 0.29) is 17.3 Å². The molecule has 136 valence electrons. The molecule has 1 aromatic carbocycles. The van der Waals surface area contributed by atoms with Crippen molar-refractivity contribution >= 4 is 11.8 Å². The molecule has 0 aliphatic carbocycles. The molecule has 0 aliphatic rings. The molecule has 1 rings (SSSR count). The van der Waals surface area contributed by atoms with Gasteiger partial charge in [-0.2, -0.15) is 39.5 Å². The van der Waals surface area contributed by atoms with E-state index in [9.17, 15) is 43.9 Å². The first-order chi connectivity index (χ1) is 10.7. The van der Waals surface area contributed by atoms with Crippen molar-refractivity contribution in [2.24, 2.45) is 0 Å². The molecule has 0 fully saturated rings. The summed E-state index contributed by atoms with van der Waals surface area (Å²) in [7, 11) is 0. The predicted molar refractivity (Wildman–Crippen MR) is 67.8 cm³/mol. The third-order valence-corrected chi connectivity index (χ3v) is 3.81. The zero-order chi connectivity index (χ0) is 18.8. The molecule has 0 aromatic heterocycles. The van der Waals surface area contributed by atoms with Gasteiger partial charge in [-0.25, -0.2) is 4.39 Å². The van der Waals surface area contributed by atoms with Crippen molar-refractivity contribution in [3.05, 3.63) is 46.9 Å². The van der Waals surface area contributed by atoms with Crippen LogP contribution in [-0.4, -0.2) is 24.2 Å². The number of allylic oxidation sites excluding steroid dienone is 2. The van der Waals surface area contributed by atoms with Crippen LogP contribution in [0.1, 0.15) is 5.56 Å². The number of benzene rings is 1. The molecule has 0 nitrogen and oxygen atoms in total.